The summed E-state index contributed by atoms with van der Waals surface area (Å²) in [6.07, 6.45) is -5.58. The van der Waals surface area contributed by atoms with Crippen molar-refractivity contribution in [2.24, 2.45) is 10.8 Å². The van der Waals surface area contributed by atoms with Crippen molar-refractivity contribution in [1.82, 2.24) is 5.32 Å². The van der Waals surface area contributed by atoms with Crippen LogP contribution in [0.3, 0.4) is 0 Å². The molecule has 1 heterocycles. The maximum absolute atomic E-state index is 12.8. The highest BCUT2D eigenvalue weighted by Crippen LogP contribution is 2.32. The predicted molar refractivity (Wildman–Crippen MR) is 140 cm³/mol. The van der Waals surface area contributed by atoms with E-state index < -0.39 is 69.7 Å². The van der Waals surface area contributed by atoms with Gasteiger partial charge in [-0.1, -0.05) is 34.8 Å². The number of carbonyl (C=O) groups is 3. The number of benzene rings is 1. The van der Waals surface area contributed by atoms with Crippen molar-refractivity contribution < 1.29 is 43.2 Å². The highest BCUT2D eigenvalue weighted by molar-refractivity contribution is 6.76. The normalized spacial score (nSPS) is 24.2. The Morgan fingerprint density at radius 2 is 1.47 bits per heavy atom. The quantitative estimate of drug-likeness (QED) is 0.357. The van der Waals surface area contributed by atoms with Gasteiger partial charge >= 0.3 is 11.9 Å². The minimum absolute atomic E-state index is 0.284. The summed E-state index contributed by atoms with van der Waals surface area (Å²) in [6, 6.07) is 5.07. The molecule has 1 aromatic rings. The second kappa shape index (κ2) is 12.5. The Morgan fingerprint density at radius 1 is 0.947 bits per heavy atom. The van der Waals surface area contributed by atoms with Gasteiger partial charge in [-0.3, -0.25) is 14.4 Å². The van der Waals surface area contributed by atoms with Gasteiger partial charge in [0.15, 0.2) is 6.10 Å². The molecular weight excluding hydrogens is 565 g/mol. The largest absolute Gasteiger partial charge is 0.497 e. The number of hydrogen-bond donors (Lipinski definition) is 2. The number of halogens is 3. The molecule has 0 saturated carbocycles. The number of rotatable bonds is 7. The number of alkyl halides is 3. The number of amides is 1. The van der Waals surface area contributed by atoms with E-state index in [-0.39, 0.29) is 5.75 Å². The van der Waals surface area contributed by atoms with E-state index in [0.29, 0.717) is 5.75 Å². The van der Waals surface area contributed by atoms with E-state index in [9.17, 15) is 19.5 Å². The maximum Gasteiger partial charge on any atom is 0.311 e. The molecule has 2 rings (SSSR count). The van der Waals surface area contributed by atoms with Crippen molar-refractivity contribution in [3.63, 3.8) is 0 Å². The van der Waals surface area contributed by atoms with E-state index in [4.69, 9.17) is 58.5 Å². The third kappa shape index (κ3) is 8.77. The monoisotopic (exact) mass is 597 g/mol. The number of aliphatic hydroxyl groups is 1. The number of methoxy groups -OCH3 is 1. The fourth-order valence-corrected chi connectivity index (χ4v) is 3.31. The summed E-state index contributed by atoms with van der Waals surface area (Å²) >= 11 is 17.3. The van der Waals surface area contributed by atoms with Gasteiger partial charge in [-0.25, -0.2) is 0 Å². The highest BCUT2D eigenvalue weighted by Gasteiger charge is 2.52. The summed E-state index contributed by atoms with van der Waals surface area (Å²) in [5, 5.41) is 13.6. The molecule has 1 fully saturated rings. The number of aliphatic hydroxyl groups excluding tert-OH is 1. The van der Waals surface area contributed by atoms with Gasteiger partial charge in [0, 0.05) is 0 Å². The van der Waals surface area contributed by atoms with Crippen molar-refractivity contribution in [2.75, 3.05) is 13.7 Å². The highest BCUT2D eigenvalue weighted by atomic mass is 35.6. The number of nitrogens with one attached hydrogen (secondary N) is 1. The molecule has 13 heteroatoms. The first-order valence-corrected chi connectivity index (χ1v) is 12.9. The standard InChI is InChI=1S/C25H34Cl3NO9/c1-23(2,3)21(32)35-12-15-17(30)18(38-22(33)24(4,5)6)16(29-20(31)25(26,27)28)19(37-15)36-14-10-8-13(34-7)9-11-14/h8-11,15-19,30H,12H2,1-7H3,(H,29,31)/t15-,16-,17-,18-,19-/m1/s1. The van der Waals surface area contributed by atoms with Crippen LogP contribution in [0.1, 0.15) is 41.5 Å². The van der Waals surface area contributed by atoms with E-state index in [1.165, 1.54) is 7.11 Å². The average molecular weight is 599 g/mol. The van der Waals surface area contributed by atoms with E-state index >= 15 is 0 Å². The molecule has 214 valence electrons. The molecule has 0 radical (unpaired) electrons. The van der Waals surface area contributed by atoms with Gasteiger partial charge in [0.1, 0.15) is 36.4 Å². The van der Waals surface area contributed by atoms with Crippen LogP contribution in [0, 0.1) is 10.8 Å². The minimum atomic E-state index is -2.38. The van der Waals surface area contributed by atoms with Crippen LogP contribution in [0.2, 0.25) is 0 Å². The lowest BCUT2D eigenvalue weighted by Crippen LogP contribution is -2.67. The molecule has 1 aliphatic rings. The van der Waals surface area contributed by atoms with Gasteiger partial charge in [-0.2, -0.15) is 0 Å². The lowest BCUT2D eigenvalue weighted by atomic mass is 9.94. The van der Waals surface area contributed by atoms with E-state index in [1.807, 2.05) is 0 Å². The number of hydrogen-bond acceptors (Lipinski definition) is 9. The molecule has 2 N–H and O–H groups in total. The van der Waals surface area contributed by atoms with Crippen LogP contribution < -0.4 is 14.8 Å². The first-order valence-electron chi connectivity index (χ1n) is 11.7. The average Bonchev–Trinajstić information content (AvgIpc) is 2.80. The summed E-state index contributed by atoms with van der Waals surface area (Å²) in [5.74, 6) is -1.46. The molecule has 0 bridgehead atoms. The third-order valence-corrected chi connectivity index (χ3v) is 5.90. The van der Waals surface area contributed by atoms with E-state index in [2.05, 4.69) is 5.32 Å². The minimum Gasteiger partial charge on any atom is -0.497 e. The molecule has 1 saturated heterocycles. The Labute approximate surface area is 237 Å². The number of esters is 2. The van der Waals surface area contributed by atoms with Gasteiger partial charge in [-0.15, -0.1) is 0 Å². The second-order valence-corrected chi connectivity index (χ2v) is 13.1. The topological polar surface area (TPSA) is 130 Å². The fourth-order valence-electron chi connectivity index (χ4n) is 3.14. The Hall–Kier alpha value is -1.98. The molecule has 1 amide bonds. The van der Waals surface area contributed by atoms with Gasteiger partial charge in [0.2, 0.25) is 6.29 Å². The molecule has 0 spiro atoms. The van der Waals surface area contributed by atoms with Crippen LogP contribution in [0.15, 0.2) is 24.3 Å². The lowest BCUT2D eigenvalue weighted by molar-refractivity contribution is -0.254. The summed E-state index contributed by atoms with van der Waals surface area (Å²) in [7, 11) is 1.50. The van der Waals surface area contributed by atoms with Crippen molar-refractivity contribution in [1.29, 1.82) is 0 Å². The summed E-state index contributed by atoms with van der Waals surface area (Å²) in [5.41, 5.74) is -1.79. The van der Waals surface area contributed by atoms with Crippen LogP contribution in [0.5, 0.6) is 11.5 Å². The zero-order valence-electron chi connectivity index (χ0n) is 22.3. The maximum atomic E-state index is 12.8. The lowest BCUT2D eigenvalue weighted by Gasteiger charge is -2.44. The second-order valence-electron chi connectivity index (χ2n) is 10.8. The van der Waals surface area contributed by atoms with Crippen LogP contribution in [-0.2, 0) is 28.6 Å². The molecule has 10 nitrogen and oxygen atoms in total. The first kappa shape index (κ1) is 32.2. The van der Waals surface area contributed by atoms with Crippen molar-refractivity contribution in [3.05, 3.63) is 24.3 Å². The van der Waals surface area contributed by atoms with Gasteiger partial charge in [-0.05, 0) is 65.8 Å². The third-order valence-electron chi connectivity index (χ3n) is 5.39. The smallest absolute Gasteiger partial charge is 0.311 e. The molecule has 0 aliphatic carbocycles. The Morgan fingerprint density at radius 3 is 1.95 bits per heavy atom. The van der Waals surface area contributed by atoms with Crippen molar-refractivity contribution in [2.45, 2.75) is 76.0 Å². The van der Waals surface area contributed by atoms with Gasteiger partial charge < -0.3 is 34.1 Å². The van der Waals surface area contributed by atoms with Crippen LogP contribution in [-0.4, -0.2) is 71.1 Å². The molecule has 0 unspecified atom stereocenters. The van der Waals surface area contributed by atoms with Crippen LogP contribution in [0.25, 0.3) is 0 Å². The van der Waals surface area contributed by atoms with Crippen LogP contribution in [0.4, 0.5) is 0 Å². The summed E-state index contributed by atoms with van der Waals surface area (Å²) in [4.78, 5) is 37.8. The molecule has 1 aromatic carbocycles. The van der Waals surface area contributed by atoms with Crippen LogP contribution >= 0.6 is 34.8 Å². The van der Waals surface area contributed by atoms with Crippen molar-refractivity contribution in [3.8, 4) is 11.5 Å². The van der Waals surface area contributed by atoms with Crippen molar-refractivity contribution >= 4 is 52.6 Å². The van der Waals surface area contributed by atoms with Gasteiger partial charge in [0.05, 0.1) is 17.9 Å². The molecule has 38 heavy (non-hydrogen) atoms. The Balaban J connectivity index is 2.47. The van der Waals surface area contributed by atoms with Gasteiger partial charge in [0.25, 0.3) is 9.70 Å². The number of ether oxygens (including phenoxy) is 5. The number of carbonyl (C=O) groups excluding carboxylic acids is 3. The molecule has 1 aliphatic heterocycles. The summed E-state index contributed by atoms with van der Waals surface area (Å²) < 4.78 is 25.7. The van der Waals surface area contributed by atoms with E-state index in [0.717, 1.165) is 0 Å². The first-order chi connectivity index (χ1) is 17.3. The predicted octanol–water partition coefficient (Wildman–Crippen LogP) is 3.56. The summed E-state index contributed by atoms with van der Waals surface area (Å²) in [6.45, 7) is 9.45. The Bertz CT molecular complexity index is 984. The SMILES string of the molecule is COc1ccc(O[C@@H]2O[C@H](COC(=O)C(C)(C)C)[C@@H](O)[C@H](OC(=O)C(C)(C)C)[C@H]2NC(=O)C(Cl)(Cl)Cl)cc1. The zero-order valence-corrected chi connectivity index (χ0v) is 24.5. The Kier molecular flexibility index (Phi) is 10.6. The van der Waals surface area contributed by atoms with E-state index in [1.54, 1.807) is 65.8 Å². The fraction of sp³-hybridized carbons (Fsp3) is 0.640. The molecular formula is C25H34Cl3NO9. The zero-order chi connectivity index (χ0) is 29.1. The molecule has 0 aromatic heterocycles. The molecule has 5 atom stereocenters.